The minimum Gasteiger partial charge on any atom is -0.304 e. The molecule has 0 radical (unpaired) electrons. The van der Waals surface area contributed by atoms with Gasteiger partial charge in [-0.15, -0.1) is 0 Å². The van der Waals surface area contributed by atoms with E-state index in [0.717, 1.165) is 19.5 Å². The van der Waals surface area contributed by atoms with E-state index >= 15 is 0 Å². The highest BCUT2D eigenvalue weighted by Gasteiger charge is 2.58. The lowest BCUT2D eigenvalue weighted by Gasteiger charge is -2.49. The number of hydrogen-bond acceptors (Lipinski definition) is 2. The largest absolute Gasteiger partial charge is 0.406 e. The van der Waals surface area contributed by atoms with Crippen LogP contribution in [0.25, 0.3) is 0 Å². The lowest BCUT2D eigenvalue weighted by Crippen LogP contribution is -2.64. The summed E-state index contributed by atoms with van der Waals surface area (Å²) in [4.78, 5) is 3.80. The van der Waals surface area contributed by atoms with Gasteiger partial charge in [-0.25, -0.2) is 0 Å². The standard InChI is InChI=1S/C12H21F3N2/c1-16-7-9-17(10-8-16)11(12(13,14)15)5-3-2-4-6-11/h2-10H2,1H3. The molecule has 0 atom stereocenters. The van der Waals surface area contributed by atoms with Crippen LogP contribution in [-0.4, -0.2) is 54.7 Å². The number of rotatable bonds is 1. The maximum atomic E-state index is 13.4. The van der Waals surface area contributed by atoms with Gasteiger partial charge in [-0.3, -0.25) is 4.90 Å². The predicted octanol–water partition coefficient (Wildman–Crippen LogP) is 2.50. The molecule has 1 heterocycles. The van der Waals surface area contributed by atoms with Crippen molar-refractivity contribution in [3.05, 3.63) is 0 Å². The number of hydrogen-bond donors (Lipinski definition) is 0. The average molecular weight is 250 g/mol. The Morgan fingerprint density at radius 3 is 1.88 bits per heavy atom. The quantitative estimate of drug-likeness (QED) is 0.705. The molecule has 2 rings (SSSR count). The topological polar surface area (TPSA) is 6.48 Å². The van der Waals surface area contributed by atoms with E-state index in [1.54, 1.807) is 4.90 Å². The Labute approximate surface area is 101 Å². The Kier molecular flexibility index (Phi) is 3.69. The van der Waals surface area contributed by atoms with Crippen LogP contribution in [0.4, 0.5) is 13.2 Å². The van der Waals surface area contributed by atoms with Gasteiger partial charge in [0.05, 0.1) is 0 Å². The summed E-state index contributed by atoms with van der Waals surface area (Å²) in [7, 11) is 1.97. The second-order valence-corrected chi connectivity index (χ2v) is 5.38. The van der Waals surface area contributed by atoms with Gasteiger partial charge in [-0.05, 0) is 19.9 Å². The first kappa shape index (κ1) is 13.1. The lowest BCUT2D eigenvalue weighted by molar-refractivity contribution is -0.246. The molecule has 1 saturated heterocycles. The summed E-state index contributed by atoms with van der Waals surface area (Å²) in [6.07, 6.45) is -1.12. The molecule has 0 aromatic carbocycles. The van der Waals surface area contributed by atoms with Crippen molar-refractivity contribution in [2.45, 2.75) is 43.8 Å². The van der Waals surface area contributed by atoms with Gasteiger partial charge in [0, 0.05) is 26.2 Å². The van der Waals surface area contributed by atoms with Crippen molar-refractivity contribution >= 4 is 0 Å². The molecule has 100 valence electrons. The maximum absolute atomic E-state index is 13.4. The molecule has 17 heavy (non-hydrogen) atoms. The number of alkyl halides is 3. The van der Waals surface area contributed by atoms with E-state index in [1.807, 2.05) is 7.05 Å². The normalized spacial score (nSPS) is 28.2. The third-order valence-corrected chi connectivity index (χ3v) is 4.32. The molecule has 0 unspecified atom stereocenters. The van der Waals surface area contributed by atoms with Crippen molar-refractivity contribution in [3.63, 3.8) is 0 Å². The van der Waals surface area contributed by atoms with Crippen molar-refractivity contribution in [1.29, 1.82) is 0 Å². The Hall–Kier alpha value is -0.290. The predicted molar refractivity (Wildman–Crippen MR) is 60.9 cm³/mol. The summed E-state index contributed by atoms with van der Waals surface area (Å²) >= 11 is 0. The van der Waals surface area contributed by atoms with Gasteiger partial charge in [0.2, 0.25) is 0 Å². The fourth-order valence-corrected chi connectivity index (χ4v) is 3.15. The van der Waals surface area contributed by atoms with Crippen molar-refractivity contribution in [3.8, 4) is 0 Å². The van der Waals surface area contributed by atoms with Crippen LogP contribution in [0.3, 0.4) is 0 Å². The van der Waals surface area contributed by atoms with E-state index in [9.17, 15) is 13.2 Å². The van der Waals surface area contributed by atoms with E-state index in [0.29, 0.717) is 38.8 Å². The second-order valence-electron chi connectivity index (χ2n) is 5.38. The van der Waals surface area contributed by atoms with Crippen LogP contribution in [0.15, 0.2) is 0 Å². The molecule has 0 amide bonds. The van der Waals surface area contributed by atoms with Crippen LogP contribution >= 0.6 is 0 Å². The molecule has 2 aliphatic rings. The molecule has 0 bridgehead atoms. The number of nitrogens with zero attached hydrogens (tertiary/aromatic N) is 2. The van der Waals surface area contributed by atoms with Crippen LogP contribution in [0.5, 0.6) is 0 Å². The third-order valence-electron chi connectivity index (χ3n) is 4.32. The highest BCUT2D eigenvalue weighted by atomic mass is 19.4. The Morgan fingerprint density at radius 2 is 1.41 bits per heavy atom. The number of halogens is 3. The minimum atomic E-state index is -4.08. The van der Waals surface area contributed by atoms with E-state index in [2.05, 4.69) is 4.90 Å². The van der Waals surface area contributed by atoms with Crippen molar-refractivity contribution in [1.82, 2.24) is 9.80 Å². The molecule has 0 N–H and O–H groups in total. The summed E-state index contributed by atoms with van der Waals surface area (Å²) in [5.41, 5.74) is -1.52. The van der Waals surface area contributed by atoms with E-state index in [1.165, 1.54) is 0 Å². The van der Waals surface area contributed by atoms with E-state index < -0.39 is 11.7 Å². The summed E-state index contributed by atoms with van der Waals surface area (Å²) in [6, 6.07) is 0. The minimum absolute atomic E-state index is 0.292. The zero-order chi connectivity index (χ0) is 12.5. The van der Waals surface area contributed by atoms with Crippen LogP contribution in [0.2, 0.25) is 0 Å². The molecule has 1 aliphatic carbocycles. The lowest BCUT2D eigenvalue weighted by atomic mass is 9.79. The van der Waals surface area contributed by atoms with E-state index in [4.69, 9.17) is 0 Å². The van der Waals surface area contributed by atoms with Gasteiger partial charge < -0.3 is 4.90 Å². The molecule has 1 aliphatic heterocycles. The fourth-order valence-electron chi connectivity index (χ4n) is 3.15. The molecule has 0 aromatic rings. The molecule has 0 spiro atoms. The van der Waals surface area contributed by atoms with Crippen LogP contribution in [0.1, 0.15) is 32.1 Å². The SMILES string of the molecule is CN1CCN(C2(C(F)(F)F)CCCCC2)CC1. The summed E-state index contributed by atoms with van der Waals surface area (Å²) in [6.45, 7) is 2.60. The average Bonchev–Trinajstić information content (AvgIpc) is 2.29. The number of piperazine rings is 1. The van der Waals surface area contributed by atoms with E-state index in [-0.39, 0.29) is 0 Å². The smallest absolute Gasteiger partial charge is 0.304 e. The first-order valence-electron chi connectivity index (χ1n) is 6.46. The molecule has 2 fully saturated rings. The van der Waals surface area contributed by atoms with Gasteiger partial charge in [0.25, 0.3) is 0 Å². The molecule has 2 nitrogen and oxygen atoms in total. The fraction of sp³-hybridized carbons (Fsp3) is 1.00. The summed E-state index contributed by atoms with van der Waals surface area (Å²) < 4.78 is 40.3. The van der Waals surface area contributed by atoms with Gasteiger partial charge in [-0.1, -0.05) is 19.3 Å². The molecule has 5 heteroatoms. The Bertz CT molecular complexity index is 251. The maximum Gasteiger partial charge on any atom is 0.406 e. The molecule has 1 saturated carbocycles. The highest BCUT2D eigenvalue weighted by Crippen LogP contribution is 2.46. The van der Waals surface area contributed by atoms with Gasteiger partial charge >= 0.3 is 6.18 Å². The molecular formula is C12H21F3N2. The van der Waals surface area contributed by atoms with Gasteiger partial charge in [0.1, 0.15) is 5.54 Å². The van der Waals surface area contributed by atoms with Crippen molar-refractivity contribution < 1.29 is 13.2 Å². The molecular weight excluding hydrogens is 229 g/mol. The third kappa shape index (κ3) is 2.45. The van der Waals surface area contributed by atoms with Crippen molar-refractivity contribution in [2.24, 2.45) is 0 Å². The summed E-state index contributed by atoms with van der Waals surface area (Å²) in [5.74, 6) is 0. The van der Waals surface area contributed by atoms with Crippen LogP contribution < -0.4 is 0 Å². The first-order valence-corrected chi connectivity index (χ1v) is 6.46. The highest BCUT2D eigenvalue weighted by molar-refractivity contribution is 5.00. The van der Waals surface area contributed by atoms with Gasteiger partial charge in [-0.2, -0.15) is 13.2 Å². The second kappa shape index (κ2) is 4.76. The van der Waals surface area contributed by atoms with Crippen molar-refractivity contribution in [2.75, 3.05) is 33.2 Å². The Morgan fingerprint density at radius 1 is 0.882 bits per heavy atom. The number of likely N-dealkylation sites (N-methyl/N-ethyl adjacent to an activating group) is 1. The zero-order valence-corrected chi connectivity index (χ0v) is 10.4. The zero-order valence-electron chi connectivity index (χ0n) is 10.4. The summed E-state index contributed by atoms with van der Waals surface area (Å²) in [5, 5.41) is 0. The first-order chi connectivity index (χ1) is 7.96. The molecule has 0 aromatic heterocycles. The van der Waals surface area contributed by atoms with Crippen LogP contribution in [0, 0.1) is 0 Å². The van der Waals surface area contributed by atoms with Gasteiger partial charge in [0.15, 0.2) is 0 Å². The Balaban J connectivity index is 2.15. The van der Waals surface area contributed by atoms with Crippen LogP contribution in [-0.2, 0) is 0 Å². The monoisotopic (exact) mass is 250 g/mol.